The molecule has 1 atom stereocenters. The maximum absolute atomic E-state index is 5.26. The first-order valence-corrected chi connectivity index (χ1v) is 6.33. The van der Waals surface area contributed by atoms with E-state index in [1.54, 1.807) is 7.11 Å². The molecule has 0 bridgehead atoms. The molecule has 0 saturated carbocycles. The molecule has 1 aromatic heterocycles. The maximum atomic E-state index is 5.26. The van der Waals surface area contributed by atoms with E-state index in [1.165, 1.54) is 0 Å². The Bertz CT molecular complexity index is 531. The highest BCUT2D eigenvalue weighted by Crippen LogP contribution is 2.15. The molecule has 1 aromatic carbocycles. The van der Waals surface area contributed by atoms with Crippen molar-refractivity contribution in [3.8, 4) is 5.75 Å². The lowest BCUT2D eigenvalue weighted by molar-refractivity contribution is 0.377. The van der Waals surface area contributed by atoms with E-state index in [9.17, 15) is 0 Å². The zero-order valence-electron chi connectivity index (χ0n) is 11.9. The number of halogens is 1. The zero-order valence-corrected chi connectivity index (χ0v) is 12.7. The number of rotatable bonds is 6. The fourth-order valence-corrected chi connectivity index (χ4v) is 1.78. The molecule has 1 N–H and O–H groups in total. The van der Waals surface area contributed by atoms with Crippen LogP contribution in [0.3, 0.4) is 0 Å². The molecule has 5 nitrogen and oxygen atoms in total. The first-order valence-electron chi connectivity index (χ1n) is 6.33. The van der Waals surface area contributed by atoms with Crippen LogP contribution in [0.15, 0.2) is 28.8 Å². The predicted molar refractivity (Wildman–Crippen MR) is 79.6 cm³/mol. The molecule has 0 amide bonds. The molecular formula is C14H20ClN3O2. The van der Waals surface area contributed by atoms with Gasteiger partial charge in [0.15, 0.2) is 5.82 Å². The number of likely N-dealkylation sites (N-methyl/N-ethyl adjacent to an activating group) is 1. The number of nitrogens with one attached hydrogen (secondary N) is 1. The van der Waals surface area contributed by atoms with Crippen LogP contribution in [0.4, 0.5) is 0 Å². The highest BCUT2D eigenvalue weighted by molar-refractivity contribution is 5.85. The van der Waals surface area contributed by atoms with Gasteiger partial charge in [0, 0.05) is 12.5 Å². The van der Waals surface area contributed by atoms with Crippen LogP contribution in [0.25, 0.3) is 0 Å². The van der Waals surface area contributed by atoms with Crippen LogP contribution in [-0.4, -0.2) is 30.3 Å². The molecule has 1 heterocycles. The number of hydrogen-bond donors (Lipinski definition) is 1. The van der Waals surface area contributed by atoms with Crippen LogP contribution in [-0.2, 0) is 12.8 Å². The number of methoxy groups -OCH3 is 1. The standard InChI is InChI=1S/C14H19N3O2.ClH/c1-10(15-2)7-13-16-14(19-17-13)9-11-5-4-6-12(8-11)18-3;/h4-6,8,10,15H,7,9H2,1-3H3;1H. The van der Waals surface area contributed by atoms with Crippen LogP contribution >= 0.6 is 12.4 Å². The SMILES string of the molecule is CNC(C)Cc1noc(Cc2cccc(OC)c2)n1.Cl. The predicted octanol–water partition coefficient (Wildman–Crippen LogP) is 2.24. The first-order chi connectivity index (χ1) is 9.21. The monoisotopic (exact) mass is 297 g/mol. The largest absolute Gasteiger partial charge is 0.497 e. The first kappa shape index (κ1) is 16.5. The Morgan fingerprint density at radius 3 is 2.90 bits per heavy atom. The molecule has 0 aliphatic carbocycles. The molecule has 2 aromatic rings. The summed E-state index contributed by atoms with van der Waals surface area (Å²) in [7, 11) is 3.57. The number of hydrogen-bond acceptors (Lipinski definition) is 5. The lowest BCUT2D eigenvalue weighted by Crippen LogP contribution is -2.24. The van der Waals surface area contributed by atoms with Gasteiger partial charge in [-0.2, -0.15) is 4.98 Å². The van der Waals surface area contributed by atoms with E-state index >= 15 is 0 Å². The minimum atomic E-state index is 0. The smallest absolute Gasteiger partial charge is 0.231 e. The highest BCUT2D eigenvalue weighted by Gasteiger charge is 2.10. The van der Waals surface area contributed by atoms with Gasteiger partial charge in [0.05, 0.1) is 13.5 Å². The number of ether oxygens (including phenoxy) is 1. The van der Waals surface area contributed by atoms with Gasteiger partial charge in [-0.15, -0.1) is 12.4 Å². The fourth-order valence-electron chi connectivity index (χ4n) is 1.78. The number of aromatic nitrogens is 2. The summed E-state index contributed by atoms with van der Waals surface area (Å²) in [5.74, 6) is 2.20. The van der Waals surface area contributed by atoms with E-state index in [2.05, 4.69) is 22.4 Å². The molecule has 0 aliphatic heterocycles. The molecule has 0 aliphatic rings. The van der Waals surface area contributed by atoms with Gasteiger partial charge in [-0.3, -0.25) is 0 Å². The summed E-state index contributed by atoms with van der Waals surface area (Å²) in [6, 6.07) is 8.19. The quantitative estimate of drug-likeness (QED) is 0.886. The molecule has 1 unspecified atom stereocenters. The van der Waals surface area contributed by atoms with Gasteiger partial charge >= 0.3 is 0 Å². The summed E-state index contributed by atoms with van der Waals surface area (Å²) in [4.78, 5) is 4.39. The average Bonchev–Trinajstić information content (AvgIpc) is 2.86. The molecule has 0 fully saturated rings. The molecule has 0 radical (unpaired) electrons. The second-order valence-corrected chi connectivity index (χ2v) is 4.53. The van der Waals surface area contributed by atoms with E-state index in [1.807, 2.05) is 31.3 Å². The highest BCUT2D eigenvalue weighted by atomic mass is 35.5. The van der Waals surface area contributed by atoms with E-state index in [-0.39, 0.29) is 12.4 Å². The normalized spacial score (nSPS) is 11.8. The number of benzene rings is 1. The third-order valence-corrected chi connectivity index (χ3v) is 2.98. The Hall–Kier alpha value is -1.59. The summed E-state index contributed by atoms with van der Waals surface area (Å²) in [5, 5.41) is 7.13. The summed E-state index contributed by atoms with van der Waals surface area (Å²) in [5.41, 5.74) is 1.09. The molecule has 110 valence electrons. The minimum absolute atomic E-state index is 0. The van der Waals surface area contributed by atoms with Crippen LogP contribution < -0.4 is 10.1 Å². The van der Waals surface area contributed by atoms with Gasteiger partial charge in [0.2, 0.25) is 5.89 Å². The molecular weight excluding hydrogens is 278 g/mol. The van der Waals surface area contributed by atoms with Crippen molar-refractivity contribution in [1.82, 2.24) is 15.5 Å². The van der Waals surface area contributed by atoms with E-state index in [0.29, 0.717) is 18.4 Å². The second-order valence-electron chi connectivity index (χ2n) is 4.53. The Morgan fingerprint density at radius 2 is 2.20 bits per heavy atom. The van der Waals surface area contributed by atoms with Gasteiger partial charge in [-0.25, -0.2) is 0 Å². The van der Waals surface area contributed by atoms with Crippen LogP contribution in [0.5, 0.6) is 5.75 Å². The summed E-state index contributed by atoms with van der Waals surface area (Å²) in [6.07, 6.45) is 1.39. The van der Waals surface area contributed by atoms with Crippen molar-refractivity contribution in [2.24, 2.45) is 0 Å². The topological polar surface area (TPSA) is 60.2 Å². The summed E-state index contributed by atoms with van der Waals surface area (Å²) in [6.45, 7) is 2.08. The van der Waals surface area contributed by atoms with Gasteiger partial charge in [-0.05, 0) is 31.7 Å². The van der Waals surface area contributed by atoms with Crippen molar-refractivity contribution in [2.75, 3.05) is 14.2 Å². The Kier molecular flexibility index (Phi) is 6.48. The Balaban J connectivity index is 0.00000200. The molecule has 6 heteroatoms. The molecule has 0 spiro atoms. The molecule has 2 rings (SSSR count). The van der Waals surface area contributed by atoms with Gasteiger partial charge < -0.3 is 14.6 Å². The lowest BCUT2D eigenvalue weighted by Gasteiger charge is -2.04. The van der Waals surface area contributed by atoms with E-state index in [4.69, 9.17) is 9.26 Å². The Labute approximate surface area is 125 Å². The van der Waals surface area contributed by atoms with Crippen molar-refractivity contribution < 1.29 is 9.26 Å². The summed E-state index contributed by atoms with van der Waals surface area (Å²) < 4.78 is 10.4. The van der Waals surface area contributed by atoms with Crippen molar-refractivity contribution in [3.05, 3.63) is 41.5 Å². The minimum Gasteiger partial charge on any atom is -0.497 e. The zero-order chi connectivity index (χ0) is 13.7. The van der Waals surface area contributed by atoms with Gasteiger partial charge in [0.25, 0.3) is 0 Å². The van der Waals surface area contributed by atoms with Crippen molar-refractivity contribution >= 4 is 12.4 Å². The second kappa shape index (κ2) is 7.87. The van der Waals surface area contributed by atoms with Crippen LogP contribution in [0, 0.1) is 0 Å². The van der Waals surface area contributed by atoms with Gasteiger partial charge in [0.1, 0.15) is 5.75 Å². The van der Waals surface area contributed by atoms with Gasteiger partial charge in [-0.1, -0.05) is 17.3 Å². The number of nitrogens with zero attached hydrogens (tertiary/aromatic N) is 2. The van der Waals surface area contributed by atoms with E-state index in [0.717, 1.165) is 23.6 Å². The van der Waals surface area contributed by atoms with E-state index < -0.39 is 0 Å². The lowest BCUT2D eigenvalue weighted by atomic mass is 10.1. The molecule has 20 heavy (non-hydrogen) atoms. The van der Waals surface area contributed by atoms with Crippen molar-refractivity contribution in [3.63, 3.8) is 0 Å². The summed E-state index contributed by atoms with van der Waals surface area (Å²) >= 11 is 0. The third kappa shape index (κ3) is 4.51. The maximum Gasteiger partial charge on any atom is 0.231 e. The fraction of sp³-hybridized carbons (Fsp3) is 0.429. The molecule has 0 saturated heterocycles. The Morgan fingerprint density at radius 1 is 1.40 bits per heavy atom. The van der Waals surface area contributed by atoms with Crippen LogP contribution in [0.1, 0.15) is 24.2 Å². The van der Waals surface area contributed by atoms with Crippen molar-refractivity contribution in [2.45, 2.75) is 25.8 Å². The average molecular weight is 298 g/mol. The van der Waals surface area contributed by atoms with Crippen LogP contribution in [0.2, 0.25) is 0 Å². The van der Waals surface area contributed by atoms with Crippen molar-refractivity contribution in [1.29, 1.82) is 0 Å². The third-order valence-electron chi connectivity index (χ3n) is 2.98.